The summed E-state index contributed by atoms with van der Waals surface area (Å²) in [5, 5.41) is 4.30. The third-order valence-corrected chi connectivity index (χ3v) is 4.16. The fourth-order valence-electron chi connectivity index (χ4n) is 2.63. The second kappa shape index (κ2) is 5.83. The van der Waals surface area contributed by atoms with Crippen LogP contribution in [-0.2, 0) is 11.2 Å². The highest BCUT2D eigenvalue weighted by Crippen LogP contribution is 2.22. The van der Waals surface area contributed by atoms with Gasteiger partial charge in [0.1, 0.15) is 0 Å². The van der Waals surface area contributed by atoms with Crippen molar-refractivity contribution in [3.63, 3.8) is 0 Å². The van der Waals surface area contributed by atoms with Gasteiger partial charge in [0.15, 0.2) is 5.65 Å². The largest absolute Gasteiger partial charge is 0.337 e. The molecule has 1 N–H and O–H groups in total. The lowest BCUT2D eigenvalue weighted by Crippen LogP contribution is -2.52. The molecule has 1 saturated heterocycles. The Balaban J connectivity index is 1.81. The number of carbonyl (C=O) groups excluding carboxylic acids is 1. The molecule has 1 atom stereocenters. The minimum atomic E-state index is 0.0922. The molecular formula is C14H16Cl2N4O. The number of halogens is 2. The van der Waals surface area contributed by atoms with Gasteiger partial charge in [-0.05, 0) is 13.0 Å². The van der Waals surface area contributed by atoms with Gasteiger partial charge in [-0.2, -0.15) is 0 Å². The predicted molar refractivity (Wildman–Crippen MR) is 83.0 cm³/mol. The van der Waals surface area contributed by atoms with Crippen LogP contribution < -0.4 is 5.32 Å². The Hall–Kier alpha value is -1.30. The number of carbonyl (C=O) groups is 1. The Morgan fingerprint density at radius 3 is 3.05 bits per heavy atom. The molecule has 1 aliphatic heterocycles. The highest BCUT2D eigenvalue weighted by Gasteiger charge is 2.23. The number of nitrogens with zero attached hydrogens (tertiary/aromatic N) is 3. The zero-order chi connectivity index (χ0) is 15.0. The van der Waals surface area contributed by atoms with Crippen molar-refractivity contribution in [1.82, 2.24) is 19.6 Å². The topological polar surface area (TPSA) is 49.6 Å². The fraction of sp³-hybridized carbons (Fsp3) is 0.429. The highest BCUT2D eigenvalue weighted by atomic mass is 35.5. The van der Waals surface area contributed by atoms with E-state index in [1.165, 1.54) is 0 Å². The summed E-state index contributed by atoms with van der Waals surface area (Å²) in [6, 6.07) is 1.86. The van der Waals surface area contributed by atoms with Gasteiger partial charge in [0.25, 0.3) is 0 Å². The molecular weight excluding hydrogens is 311 g/mol. The number of aromatic nitrogens is 2. The van der Waals surface area contributed by atoms with Crippen molar-refractivity contribution < 1.29 is 4.79 Å². The van der Waals surface area contributed by atoms with E-state index in [4.69, 9.17) is 23.2 Å². The number of rotatable bonds is 2. The third-order valence-electron chi connectivity index (χ3n) is 3.68. The summed E-state index contributed by atoms with van der Waals surface area (Å²) in [5.74, 6) is 0.0922. The van der Waals surface area contributed by atoms with E-state index in [1.54, 1.807) is 22.9 Å². The Kier molecular flexibility index (Phi) is 4.06. The number of amides is 1. The van der Waals surface area contributed by atoms with Crippen LogP contribution in [0.4, 0.5) is 0 Å². The Morgan fingerprint density at radius 2 is 2.29 bits per heavy atom. The van der Waals surface area contributed by atoms with Gasteiger partial charge in [0.2, 0.25) is 5.91 Å². The van der Waals surface area contributed by atoms with Crippen LogP contribution >= 0.6 is 23.2 Å². The zero-order valence-electron chi connectivity index (χ0n) is 11.6. The first-order valence-corrected chi connectivity index (χ1v) is 7.63. The molecule has 21 heavy (non-hydrogen) atoms. The lowest BCUT2D eigenvalue weighted by atomic mass is 10.2. The van der Waals surface area contributed by atoms with Gasteiger partial charge in [-0.1, -0.05) is 23.2 Å². The summed E-state index contributed by atoms with van der Waals surface area (Å²) < 4.78 is 1.76. The molecule has 112 valence electrons. The molecule has 1 fully saturated rings. The van der Waals surface area contributed by atoms with E-state index in [0.29, 0.717) is 21.4 Å². The first-order valence-electron chi connectivity index (χ1n) is 6.87. The summed E-state index contributed by atoms with van der Waals surface area (Å²) in [6.07, 6.45) is 3.81. The minimum Gasteiger partial charge on any atom is -0.337 e. The maximum atomic E-state index is 12.4. The summed E-state index contributed by atoms with van der Waals surface area (Å²) in [7, 11) is 0. The molecule has 0 saturated carbocycles. The van der Waals surface area contributed by atoms with Gasteiger partial charge in [-0.3, -0.25) is 4.79 Å². The van der Waals surface area contributed by atoms with E-state index in [2.05, 4.69) is 10.3 Å². The van der Waals surface area contributed by atoms with Crippen LogP contribution in [0.15, 0.2) is 18.5 Å². The van der Waals surface area contributed by atoms with Crippen LogP contribution in [0.25, 0.3) is 5.65 Å². The predicted octanol–water partition coefficient (Wildman–Crippen LogP) is 2.00. The number of imidazole rings is 1. The summed E-state index contributed by atoms with van der Waals surface area (Å²) in [6.45, 7) is 4.45. The Labute approximate surface area is 132 Å². The maximum absolute atomic E-state index is 12.4. The monoisotopic (exact) mass is 326 g/mol. The number of pyridine rings is 1. The van der Waals surface area contributed by atoms with E-state index in [9.17, 15) is 4.79 Å². The average molecular weight is 327 g/mol. The van der Waals surface area contributed by atoms with Crippen molar-refractivity contribution in [3.05, 3.63) is 34.2 Å². The molecule has 3 heterocycles. The van der Waals surface area contributed by atoms with Crippen LogP contribution in [0.3, 0.4) is 0 Å². The quantitative estimate of drug-likeness (QED) is 0.918. The zero-order valence-corrected chi connectivity index (χ0v) is 13.2. The van der Waals surface area contributed by atoms with Gasteiger partial charge in [0, 0.05) is 38.1 Å². The molecule has 0 bridgehead atoms. The normalized spacial score (nSPS) is 19.2. The first kappa shape index (κ1) is 14.6. The van der Waals surface area contributed by atoms with Crippen molar-refractivity contribution in [1.29, 1.82) is 0 Å². The molecule has 2 aromatic heterocycles. The summed E-state index contributed by atoms with van der Waals surface area (Å²) in [4.78, 5) is 18.7. The van der Waals surface area contributed by atoms with Crippen LogP contribution in [0.2, 0.25) is 10.0 Å². The molecule has 3 rings (SSSR count). The summed E-state index contributed by atoms with van der Waals surface area (Å²) >= 11 is 12.1. The number of hydrogen-bond acceptors (Lipinski definition) is 3. The minimum absolute atomic E-state index is 0.0922. The molecule has 5 nitrogen and oxygen atoms in total. The second-order valence-corrected chi connectivity index (χ2v) is 6.13. The molecule has 0 unspecified atom stereocenters. The van der Waals surface area contributed by atoms with Gasteiger partial charge in [-0.15, -0.1) is 0 Å². The van der Waals surface area contributed by atoms with E-state index < -0.39 is 0 Å². The van der Waals surface area contributed by atoms with Gasteiger partial charge in [0.05, 0.1) is 22.2 Å². The molecule has 0 aromatic carbocycles. The van der Waals surface area contributed by atoms with E-state index in [1.807, 2.05) is 11.8 Å². The molecule has 0 radical (unpaired) electrons. The summed E-state index contributed by atoms with van der Waals surface area (Å²) in [5.41, 5.74) is 1.33. The Bertz CT molecular complexity index is 685. The van der Waals surface area contributed by atoms with E-state index in [-0.39, 0.29) is 18.4 Å². The number of hydrogen-bond donors (Lipinski definition) is 1. The average Bonchev–Trinajstić information content (AvgIpc) is 2.81. The van der Waals surface area contributed by atoms with E-state index in [0.717, 1.165) is 19.6 Å². The molecule has 1 aliphatic rings. The molecule has 7 heteroatoms. The second-order valence-electron chi connectivity index (χ2n) is 5.29. The Morgan fingerprint density at radius 1 is 1.48 bits per heavy atom. The molecule has 0 aliphatic carbocycles. The van der Waals surface area contributed by atoms with Gasteiger partial charge in [-0.25, -0.2) is 4.98 Å². The smallest absolute Gasteiger partial charge is 0.228 e. The van der Waals surface area contributed by atoms with Crippen LogP contribution in [-0.4, -0.2) is 45.9 Å². The molecule has 0 spiro atoms. The van der Waals surface area contributed by atoms with Crippen molar-refractivity contribution >= 4 is 34.8 Å². The van der Waals surface area contributed by atoms with Crippen molar-refractivity contribution in [2.45, 2.75) is 19.4 Å². The molecule has 1 amide bonds. The van der Waals surface area contributed by atoms with Crippen LogP contribution in [0.1, 0.15) is 12.6 Å². The van der Waals surface area contributed by atoms with Crippen LogP contribution in [0.5, 0.6) is 0 Å². The first-order chi connectivity index (χ1) is 10.0. The number of piperazine rings is 1. The standard InChI is InChI=1S/C14H16Cl2N4O/c1-9-6-17-2-3-20(9)13(21)5-11-8-19-7-10(15)4-12(16)14(19)18-11/h4,7-9,17H,2-3,5-6H2,1H3/t9-/m1/s1. The SMILES string of the molecule is C[C@@H]1CNCCN1C(=O)Cc1cn2cc(Cl)cc(Cl)c2n1. The lowest BCUT2D eigenvalue weighted by molar-refractivity contribution is -0.133. The van der Waals surface area contributed by atoms with Gasteiger partial charge >= 0.3 is 0 Å². The number of fused-ring (bicyclic) bond motifs is 1. The third kappa shape index (κ3) is 3.00. The van der Waals surface area contributed by atoms with Crippen molar-refractivity contribution in [2.24, 2.45) is 0 Å². The fourth-order valence-corrected chi connectivity index (χ4v) is 3.16. The van der Waals surface area contributed by atoms with E-state index >= 15 is 0 Å². The van der Waals surface area contributed by atoms with Crippen molar-refractivity contribution in [3.8, 4) is 0 Å². The van der Waals surface area contributed by atoms with Gasteiger partial charge < -0.3 is 14.6 Å². The van der Waals surface area contributed by atoms with Crippen LogP contribution in [0, 0.1) is 0 Å². The lowest BCUT2D eigenvalue weighted by Gasteiger charge is -2.33. The molecule has 2 aromatic rings. The van der Waals surface area contributed by atoms with Crippen molar-refractivity contribution in [2.75, 3.05) is 19.6 Å². The highest BCUT2D eigenvalue weighted by molar-refractivity contribution is 6.36. The maximum Gasteiger partial charge on any atom is 0.228 e. The number of nitrogens with one attached hydrogen (secondary N) is 1.